The first-order valence-electron chi connectivity index (χ1n) is 5.95. The third-order valence-corrected chi connectivity index (χ3v) is 3.67. The summed E-state index contributed by atoms with van der Waals surface area (Å²) in [7, 11) is 0. The lowest BCUT2D eigenvalue weighted by Crippen LogP contribution is -2.01. The molecule has 0 fully saturated rings. The second-order valence-corrected chi connectivity index (χ2v) is 4.82. The molecule has 0 spiro atoms. The number of aryl methyl sites for hydroxylation is 2. The molecule has 0 amide bonds. The predicted molar refractivity (Wildman–Crippen MR) is 73.7 cm³/mol. The summed E-state index contributed by atoms with van der Waals surface area (Å²) in [5.74, 6) is -0.256. The van der Waals surface area contributed by atoms with Crippen LogP contribution in [0.5, 0.6) is 0 Å². The fraction of sp³-hybridized carbons (Fsp3) is 0.357. The summed E-state index contributed by atoms with van der Waals surface area (Å²) in [4.78, 5) is 11.0. The van der Waals surface area contributed by atoms with E-state index in [2.05, 4.69) is 11.5 Å². The number of alkyl halides is 1. The molecule has 1 aromatic heterocycles. The zero-order chi connectivity index (χ0) is 13.3. The van der Waals surface area contributed by atoms with Crippen molar-refractivity contribution < 1.29 is 9.90 Å². The normalized spacial score (nSPS) is 11.1. The molecular formula is C14H16ClNO2. The van der Waals surface area contributed by atoms with E-state index in [4.69, 9.17) is 16.7 Å². The topological polar surface area (TPSA) is 42.2 Å². The second-order valence-electron chi connectivity index (χ2n) is 4.44. The van der Waals surface area contributed by atoms with Crippen LogP contribution >= 0.6 is 11.6 Å². The number of hydrogen-bond acceptors (Lipinski definition) is 1. The molecule has 96 valence electrons. The largest absolute Gasteiger partial charge is 0.478 e. The standard InChI is InChI=1S/C14H16ClNO2/c1-9-10(2)16(7-3-6-15)13-5-4-11(14(17)18)8-12(9)13/h4-5,8H,3,6-7H2,1-2H3,(H,17,18). The lowest BCUT2D eigenvalue weighted by Gasteiger charge is -2.07. The molecule has 18 heavy (non-hydrogen) atoms. The minimum atomic E-state index is -0.887. The third-order valence-electron chi connectivity index (χ3n) is 3.40. The lowest BCUT2D eigenvalue weighted by molar-refractivity contribution is 0.0697. The molecule has 3 nitrogen and oxygen atoms in total. The zero-order valence-electron chi connectivity index (χ0n) is 10.5. The minimum absolute atomic E-state index is 0.333. The number of aromatic carboxylic acids is 1. The molecule has 0 saturated heterocycles. The first kappa shape index (κ1) is 13.0. The van der Waals surface area contributed by atoms with Crippen molar-refractivity contribution in [3.8, 4) is 0 Å². The molecular weight excluding hydrogens is 250 g/mol. The van der Waals surface area contributed by atoms with E-state index in [-0.39, 0.29) is 0 Å². The lowest BCUT2D eigenvalue weighted by atomic mass is 10.1. The van der Waals surface area contributed by atoms with Gasteiger partial charge in [0.15, 0.2) is 0 Å². The highest BCUT2D eigenvalue weighted by molar-refractivity contribution is 6.17. The Morgan fingerprint density at radius 3 is 2.72 bits per heavy atom. The van der Waals surface area contributed by atoms with Gasteiger partial charge >= 0.3 is 5.97 Å². The van der Waals surface area contributed by atoms with Crippen LogP contribution in [-0.4, -0.2) is 21.5 Å². The molecule has 0 unspecified atom stereocenters. The van der Waals surface area contributed by atoms with Crippen molar-refractivity contribution in [1.29, 1.82) is 0 Å². The van der Waals surface area contributed by atoms with Crippen LogP contribution in [0.4, 0.5) is 0 Å². The first-order valence-corrected chi connectivity index (χ1v) is 6.48. The number of aromatic nitrogens is 1. The van der Waals surface area contributed by atoms with Crippen LogP contribution in [0.15, 0.2) is 18.2 Å². The molecule has 0 aliphatic rings. The van der Waals surface area contributed by atoms with Crippen LogP contribution in [-0.2, 0) is 6.54 Å². The number of halogens is 1. The van der Waals surface area contributed by atoms with Gasteiger partial charge in [0.2, 0.25) is 0 Å². The van der Waals surface area contributed by atoms with Crippen molar-refractivity contribution >= 4 is 28.5 Å². The van der Waals surface area contributed by atoms with Crippen LogP contribution in [0.1, 0.15) is 28.0 Å². The summed E-state index contributed by atoms with van der Waals surface area (Å²) in [6.45, 7) is 4.95. The summed E-state index contributed by atoms with van der Waals surface area (Å²) in [5.41, 5.74) is 3.74. The quantitative estimate of drug-likeness (QED) is 0.859. The Hall–Kier alpha value is -1.48. The molecule has 1 aromatic carbocycles. The highest BCUT2D eigenvalue weighted by Gasteiger charge is 2.12. The summed E-state index contributed by atoms with van der Waals surface area (Å²) in [6, 6.07) is 5.28. The van der Waals surface area contributed by atoms with Crippen LogP contribution in [0.25, 0.3) is 10.9 Å². The molecule has 4 heteroatoms. The highest BCUT2D eigenvalue weighted by atomic mass is 35.5. The number of carboxylic acid groups (broad SMARTS) is 1. The monoisotopic (exact) mass is 265 g/mol. The fourth-order valence-corrected chi connectivity index (χ4v) is 2.41. The van der Waals surface area contributed by atoms with E-state index in [1.54, 1.807) is 12.1 Å². The zero-order valence-corrected chi connectivity index (χ0v) is 11.3. The van der Waals surface area contributed by atoms with Crippen molar-refractivity contribution in [2.24, 2.45) is 0 Å². The number of carboxylic acids is 1. The highest BCUT2D eigenvalue weighted by Crippen LogP contribution is 2.26. The molecule has 0 atom stereocenters. The molecule has 1 N–H and O–H groups in total. The van der Waals surface area contributed by atoms with E-state index in [1.807, 2.05) is 13.0 Å². The van der Waals surface area contributed by atoms with Crippen LogP contribution in [0, 0.1) is 13.8 Å². The van der Waals surface area contributed by atoms with Gasteiger partial charge in [0.05, 0.1) is 5.56 Å². The van der Waals surface area contributed by atoms with Crippen LogP contribution in [0.2, 0.25) is 0 Å². The van der Waals surface area contributed by atoms with Gasteiger partial charge in [-0.05, 0) is 44.0 Å². The van der Waals surface area contributed by atoms with E-state index in [9.17, 15) is 4.79 Å². The second kappa shape index (κ2) is 5.02. The summed E-state index contributed by atoms with van der Waals surface area (Å²) in [5, 5.41) is 10.0. The van der Waals surface area contributed by atoms with Gasteiger partial charge in [0.1, 0.15) is 0 Å². The Morgan fingerprint density at radius 2 is 2.11 bits per heavy atom. The van der Waals surface area contributed by atoms with Gasteiger partial charge in [0, 0.05) is 29.0 Å². The van der Waals surface area contributed by atoms with E-state index in [0.717, 1.165) is 29.4 Å². The van der Waals surface area contributed by atoms with Crippen molar-refractivity contribution in [2.45, 2.75) is 26.8 Å². The van der Waals surface area contributed by atoms with E-state index < -0.39 is 5.97 Å². The number of hydrogen-bond donors (Lipinski definition) is 1. The molecule has 0 bridgehead atoms. The maximum atomic E-state index is 11.0. The van der Waals surface area contributed by atoms with Crippen LogP contribution < -0.4 is 0 Å². The van der Waals surface area contributed by atoms with E-state index in [1.165, 1.54) is 5.69 Å². The molecule has 2 rings (SSSR count). The van der Waals surface area contributed by atoms with Crippen molar-refractivity contribution in [2.75, 3.05) is 5.88 Å². The maximum absolute atomic E-state index is 11.0. The first-order chi connectivity index (χ1) is 8.56. The Labute approximate surface area is 111 Å². The third kappa shape index (κ3) is 2.10. The molecule has 0 saturated carbocycles. The Morgan fingerprint density at radius 1 is 1.39 bits per heavy atom. The van der Waals surface area contributed by atoms with Gasteiger partial charge < -0.3 is 9.67 Å². The number of benzene rings is 1. The molecule has 0 radical (unpaired) electrons. The van der Waals surface area contributed by atoms with Gasteiger partial charge in [0.25, 0.3) is 0 Å². The Balaban J connectivity index is 2.60. The SMILES string of the molecule is Cc1c(C)n(CCCCl)c2ccc(C(=O)O)cc12. The maximum Gasteiger partial charge on any atom is 0.335 e. The fourth-order valence-electron chi connectivity index (χ4n) is 2.29. The van der Waals surface area contributed by atoms with Crippen molar-refractivity contribution in [1.82, 2.24) is 4.57 Å². The predicted octanol–water partition coefficient (Wildman–Crippen LogP) is 3.59. The van der Waals surface area contributed by atoms with Crippen molar-refractivity contribution in [3.63, 3.8) is 0 Å². The number of fused-ring (bicyclic) bond motifs is 1. The van der Waals surface area contributed by atoms with Gasteiger partial charge in [-0.25, -0.2) is 4.79 Å². The summed E-state index contributed by atoms with van der Waals surface area (Å²) >= 11 is 5.74. The van der Waals surface area contributed by atoms with Gasteiger partial charge in [-0.3, -0.25) is 0 Å². The Kier molecular flexibility index (Phi) is 3.62. The van der Waals surface area contributed by atoms with Crippen LogP contribution in [0.3, 0.4) is 0 Å². The van der Waals surface area contributed by atoms with Gasteiger partial charge in [-0.15, -0.1) is 11.6 Å². The number of rotatable bonds is 4. The molecule has 2 aromatic rings. The number of carbonyl (C=O) groups is 1. The number of nitrogens with zero attached hydrogens (tertiary/aromatic N) is 1. The average Bonchev–Trinajstić information content (AvgIpc) is 2.60. The van der Waals surface area contributed by atoms with E-state index in [0.29, 0.717) is 11.4 Å². The molecule has 0 aliphatic carbocycles. The minimum Gasteiger partial charge on any atom is -0.478 e. The smallest absolute Gasteiger partial charge is 0.335 e. The molecule has 0 aliphatic heterocycles. The Bertz CT molecular complexity index is 601. The average molecular weight is 266 g/mol. The summed E-state index contributed by atoms with van der Waals surface area (Å²) < 4.78 is 2.21. The summed E-state index contributed by atoms with van der Waals surface area (Å²) in [6.07, 6.45) is 0.909. The van der Waals surface area contributed by atoms with Gasteiger partial charge in [-0.1, -0.05) is 0 Å². The van der Waals surface area contributed by atoms with Gasteiger partial charge in [-0.2, -0.15) is 0 Å². The van der Waals surface area contributed by atoms with E-state index >= 15 is 0 Å². The van der Waals surface area contributed by atoms with Crippen molar-refractivity contribution in [3.05, 3.63) is 35.0 Å². The molecule has 1 heterocycles.